The van der Waals surface area contributed by atoms with Gasteiger partial charge in [-0.3, -0.25) is 0 Å². The monoisotopic (exact) mass is 170 g/mol. The van der Waals surface area contributed by atoms with E-state index in [0.29, 0.717) is 0 Å². The van der Waals surface area contributed by atoms with Gasteiger partial charge in [-0.2, -0.15) is 0 Å². The number of carboxylic acids is 1. The van der Waals surface area contributed by atoms with E-state index in [9.17, 15) is 9.90 Å². The van der Waals surface area contributed by atoms with Gasteiger partial charge in [-0.05, 0) is 12.8 Å². The first-order valence-corrected chi connectivity index (χ1v) is 4.70. The topological polar surface area (TPSA) is 40.1 Å². The number of unbranched alkanes of at least 4 members (excludes halogenated alkanes) is 1. The summed E-state index contributed by atoms with van der Waals surface area (Å²) in [6.45, 7) is 6.26. The molecule has 0 heterocycles. The molecule has 0 saturated heterocycles. The number of carboxylic acid groups (broad SMARTS) is 1. The Morgan fingerprint density at radius 2 is 1.75 bits per heavy atom. The van der Waals surface area contributed by atoms with Crippen molar-refractivity contribution in [1.82, 2.24) is 0 Å². The van der Waals surface area contributed by atoms with Crippen molar-refractivity contribution >= 4 is 13.2 Å². The van der Waals surface area contributed by atoms with Crippen LogP contribution in [0.5, 0.6) is 0 Å². The average Bonchev–Trinajstić information content (AvgIpc) is 2.03. The zero-order chi connectivity index (χ0) is 9.82. The van der Waals surface area contributed by atoms with E-state index >= 15 is 0 Å². The first-order chi connectivity index (χ1) is 5.68. The standard InChI is InChI=1S/C5H10O2.C4H10B/c1-2-3-4-5(6)7;1-3-5-4-2/h2-4H2,1H3,(H,6,7);3-4H2,1-2H3/q;+1/p-1. The first kappa shape index (κ1) is 14.1. The molecule has 0 aliphatic carbocycles. The first-order valence-electron chi connectivity index (χ1n) is 4.70. The molecule has 0 aromatic rings. The van der Waals surface area contributed by atoms with E-state index in [0.717, 1.165) is 12.8 Å². The number of carbonyl (C=O) groups is 1. The fourth-order valence-corrected chi connectivity index (χ4v) is 0.610. The molecule has 0 N–H and O–H groups in total. The summed E-state index contributed by atoms with van der Waals surface area (Å²) in [5.41, 5.74) is 0. The molecule has 0 aliphatic rings. The summed E-state index contributed by atoms with van der Waals surface area (Å²) in [6.07, 6.45) is 4.31. The molecule has 0 saturated carbocycles. The Labute approximate surface area is 76.6 Å². The van der Waals surface area contributed by atoms with Gasteiger partial charge in [0.15, 0.2) is 0 Å². The van der Waals surface area contributed by atoms with Crippen LogP contribution in [0.15, 0.2) is 0 Å². The number of rotatable bonds is 5. The third-order valence-electron chi connectivity index (χ3n) is 1.31. The van der Waals surface area contributed by atoms with E-state index in [4.69, 9.17) is 0 Å². The Morgan fingerprint density at radius 1 is 1.25 bits per heavy atom. The Kier molecular flexibility index (Phi) is 15.4. The van der Waals surface area contributed by atoms with Crippen molar-refractivity contribution in [3.05, 3.63) is 0 Å². The maximum atomic E-state index is 9.65. The summed E-state index contributed by atoms with van der Waals surface area (Å²) in [5.74, 6) is -0.943. The molecule has 0 aromatic carbocycles. The van der Waals surface area contributed by atoms with E-state index in [2.05, 4.69) is 21.1 Å². The van der Waals surface area contributed by atoms with E-state index < -0.39 is 5.97 Å². The molecule has 0 fully saturated rings. The van der Waals surface area contributed by atoms with E-state index in [1.54, 1.807) is 0 Å². The molecular formula is C9H19BO2. The number of aliphatic carboxylic acids is 1. The van der Waals surface area contributed by atoms with Gasteiger partial charge in [0.25, 0.3) is 0 Å². The van der Waals surface area contributed by atoms with Gasteiger partial charge in [0.05, 0.1) is 0 Å². The van der Waals surface area contributed by atoms with Gasteiger partial charge < -0.3 is 9.90 Å². The molecule has 3 heteroatoms. The summed E-state index contributed by atoms with van der Waals surface area (Å²) in [4.78, 5) is 9.65. The van der Waals surface area contributed by atoms with E-state index in [1.165, 1.54) is 12.6 Å². The Morgan fingerprint density at radius 3 is 1.83 bits per heavy atom. The summed E-state index contributed by atoms with van der Waals surface area (Å²) in [5, 5.41) is 9.65. The summed E-state index contributed by atoms with van der Waals surface area (Å²) >= 11 is 0. The molecule has 0 atom stereocenters. The average molecular weight is 170 g/mol. The number of carbonyl (C=O) groups excluding carboxylic acids is 1. The van der Waals surface area contributed by atoms with Crippen LogP contribution in [0.25, 0.3) is 0 Å². The van der Waals surface area contributed by atoms with E-state index in [-0.39, 0.29) is 6.42 Å². The molecule has 0 aliphatic heterocycles. The van der Waals surface area contributed by atoms with Crippen LogP contribution in [-0.4, -0.2) is 13.2 Å². The molecule has 0 rings (SSSR count). The third kappa shape index (κ3) is 22.7. The van der Waals surface area contributed by atoms with Crippen molar-refractivity contribution < 1.29 is 9.90 Å². The van der Waals surface area contributed by atoms with Crippen LogP contribution in [0.2, 0.25) is 12.6 Å². The van der Waals surface area contributed by atoms with Gasteiger partial charge in [0, 0.05) is 5.97 Å². The molecule has 0 amide bonds. The molecule has 0 bridgehead atoms. The molecule has 0 radical (unpaired) electrons. The number of hydrogen-bond acceptors (Lipinski definition) is 2. The third-order valence-corrected chi connectivity index (χ3v) is 1.31. The zero-order valence-electron chi connectivity index (χ0n) is 8.43. The summed E-state index contributed by atoms with van der Waals surface area (Å²) < 4.78 is 0. The van der Waals surface area contributed by atoms with Crippen LogP contribution in [0.3, 0.4) is 0 Å². The van der Waals surface area contributed by atoms with Crippen LogP contribution in [0.1, 0.15) is 40.0 Å². The van der Waals surface area contributed by atoms with Crippen LogP contribution in [0.4, 0.5) is 0 Å². The minimum absolute atomic E-state index is 0.205. The van der Waals surface area contributed by atoms with Crippen molar-refractivity contribution in [3.63, 3.8) is 0 Å². The Bertz CT molecular complexity index is 92.5. The summed E-state index contributed by atoms with van der Waals surface area (Å²) in [6, 6.07) is 0. The Hall–Kier alpha value is -0.465. The van der Waals surface area contributed by atoms with Crippen molar-refractivity contribution in [1.29, 1.82) is 0 Å². The van der Waals surface area contributed by atoms with Gasteiger partial charge in [-0.25, -0.2) is 0 Å². The number of hydrogen-bond donors (Lipinski definition) is 0. The Balaban J connectivity index is 0. The van der Waals surface area contributed by atoms with Crippen LogP contribution in [-0.2, 0) is 4.79 Å². The predicted molar refractivity (Wildman–Crippen MR) is 51.2 cm³/mol. The molecule has 70 valence electrons. The van der Waals surface area contributed by atoms with Gasteiger partial charge in [-0.1, -0.05) is 13.3 Å². The SMILES string of the molecule is CCCCC(=O)[O-].CC[B+]CC. The minimum atomic E-state index is -0.943. The second-order valence-electron chi connectivity index (χ2n) is 2.58. The fourth-order valence-electron chi connectivity index (χ4n) is 0.610. The predicted octanol–water partition coefficient (Wildman–Crippen LogP) is 1.49. The quantitative estimate of drug-likeness (QED) is 0.586. The van der Waals surface area contributed by atoms with Gasteiger partial charge >= 0.3 is 33.8 Å². The molecule has 0 aromatic heterocycles. The molecule has 0 unspecified atom stereocenters. The fraction of sp³-hybridized carbons (Fsp3) is 0.889. The maximum absolute atomic E-state index is 9.65. The van der Waals surface area contributed by atoms with Crippen LogP contribution in [0, 0.1) is 0 Å². The van der Waals surface area contributed by atoms with Crippen LogP contribution >= 0.6 is 0 Å². The molecule has 0 spiro atoms. The zero-order valence-corrected chi connectivity index (χ0v) is 8.43. The van der Waals surface area contributed by atoms with Crippen molar-refractivity contribution in [2.24, 2.45) is 0 Å². The summed E-state index contributed by atoms with van der Waals surface area (Å²) in [7, 11) is 2.25. The van der Waals surface area contributed by atoms with Crippen molar-refractivity contribution in [3.8, 4) is 0 Å². The van der Waals surface area contributed by atoms with Crippen LogP contribution < -0.4 is 5.11 Å². The van der Waals surface area contributed by atoms with Crippen molar-refractivity contribution in [2.75, 3.05) is 0 Å². The van der Waals surface area contributed by atoms with Gasteiger partial charge in [0.2, 0.25) is 0 Å². The molecule has 12 heavy (non-hydrogen) atoms. The normalized spacial score (nSPS) is 7.92. The van der Waals surface area contributed by atoms with Gasteiger partial charge in [-0.15, -0.1) is 0 Å². The van der Waals surface area contributed by atoms with Crippen molar-refractivity contribution in [2.45, 2.75) is 52.7 Å². The van der Waals surface area contributed by atoms with E-state index in [1.807, 2.05) is 6.92 Å². The second-order valence-corrected chi connectivity index (χ2v) is 2.58. The van der Waals surface area contributed by atoms with Gasteiger partial charge in [0.1, 0.15) is 0 Å². The molecule has 2 nitrogen and oxygen atoms in total. The molecular weight excluding hydrogens is 151 g/mol. The second kappa shape index (κ2) is 13.1.